The molecule has 0 saturated heterocycles. The van der Waals surface area contributed by atoms with Crippen molar-refractivity contribution in [3.63, 3.8) is 0 Å². The van der Waals surface area contributed by atoms with E-state index in [0.29, 0.717) is 17.8 Å². The molecule has 4 unspecified atom stereocenters. The van der Waals surface area contributed by atoms with E-state index >= 15 is 0 Å². The van der Waals surface area contributed by atoms with Gasteiger partial charge in [-0.15, -0.1) is 0 Å². The number of aliphatic hydroxyl groups excluding tert-OH is 1. The summed E-state index contributed by atoms with van der Waals surface area (Å²) in [6.07, 6.45) is 3.19. The summed E-state index contributed by atoms with van der Waals surface area (Å²) >= 11 is 0. The lowest BCUT2D eigenvalue weighted by Crippen LogP contribution is -2.25. The predicted molar refractivity (Wildman–Crippen MR) is 58.7 cm³/mol. The lowest BCUT2D eigenvalue weighted by molar-refractivity contribution is 0.0647. The van der Waals surface area contributed by atoms with Crippen molar-refractivity contribution in [2.45, 2.75) is 60.0 Å². The molecule has 0 saturated carbocycles. The van der Waals surface area contributed by atoms with Crippen LogP contribution in [0, 0.1) is 17.8 Å². The molecule has 0 rings (SSSR count). The minimum absolute atomic E-state index is 0.107. The molecular formula is C12H26O. The first kappa shape index (κ1) is 13.0. The van der Waals surface area contributed by atoms with E-state index < -0.39 is 0 Å². The summed E-state index contributed by atoms with van der Waals surface area (Å²) in [6.45, 7) is 11.0. The summed E-state index contributed by atoms with van der Waals surface area (Å²) in [4.78, 5) is 0. The van der Waals surface area contributed by atoms with Gasteiger partial charge in [-0.25, -0.2) is 0 Å². The second kappa shape index (κ2) is 6.42. The first-order valence-corrected chi connectivity index (χ1v) is 5.70. The van der Waals surface area contributed by atoms with Gasteiger partial charge < -0.3 is 5.11 Å². The van der Waals surface area contributed by atoms with Crippen molar-refractivity contribution in [2.75, 3.05) is 0 Å². The maximum atomic E-state index is 9.92. The van der Waals surface area contributed by atoms with Crippen molar-refractivity contribution >= 4 is 0 Å². The number of rotatable bonds is 6. The Kier molecular flexibility index (Phi) is 6.40. The molecule has 0 heterocycles. The van der Waals surface area contributed by atoms with E-state index in [-0.39, 0.29) is 6.10 Å². The molecule has 0 spiro atoms. The van der Waals surface area contributed by atoms with Gasteiger partial charge in [-0.2, -0.15) is 0 Å². The highest BCUT2D eigenvalue weighted by Crippen LogP contribution is 2.23. The maximum absolute atomic E-state index is 9.92. The summed E-state index contributed by atoms with van der Waals surface area (Å²) < 4.78 is 0. The van der Waals surface area contributed by atoms with Crippen LogP contribution < -0.4 is 0 Å². The Morgan fingerprint density at radius 3 is 1.92 bits per heavy atom. The SMILES string of the molecule is CCC(C)CC(O)C(C)C(C)CC. The average Bonchev–Trinajstić information content (AvgIpc) is 2.14. The van der Waals surface area contributed by atoms with Gasteiger partial charge in [0.15, 0.2) is 0 Å². The molecule has 4 atom stereocenters. The van der Waals surface area contributed by atoms with Crippen molar-refractivity contribution in [1.82, 2.24) is 0 Å². The summed E-state index contributed by atoms with van der Waals surface area (Å²) in [5.41, 5.74) is 0. The molecular weight excluding hydrogens is 160 g/mol. The van der Waals surface area contributed by atoms with E-state index in [4.69, 9.17) is 0 Å². The summed E-state index contributed by atoms with van der Waals surface area (Å²) in [6, 6.07) is 0. The molecule has 0 aliphatic carbocycles. The standard InChI is InChI=1S/C12H26O/c1-6-9(3)8-12(13)11(5)10(4)7-2/h9-13H,6-8H2,1-5H3. The van der Waals surface area contributed by atoms with Crippen LogP contribution in [0.3, 0.4) is 0 Å². The zero-order chi connectivity index (χ0) is 10.4. The Morgan fingerprint density at radius 1 is 1.00 bits per heavy atom. The van der Waals surface area contributed by atoms with Gasteiger partial charge in [0.25, 0.3) is 0 Å². The van der Waals surface area contributed by atoms with Gasteiger partial charge in [-0.1, -0.05) is 47.5 Å². The fourth-order valence-electron chi connectivity index (χ4n) is 1.54. The molecule has 80 valence electrons. The highest BCUT2D eigenvalue weighted by molar-refractivity contribution is 4.71. The summed E-state index contributed by atoms with van der Waals surface area (Å²) in [5.74, 6) is 1.74. The molecule has 0 amide bonds. The number of hydrogen-bond acceptors (Lipinski definition) is 1. The van der Waals surface area contributed by atoms with Crippen molar-refractivity contribution in [2.24, 2.45) is 17.8 Å². The Balaban J connectivity index is 3.87. The zero-order valence-corrected chi connectivity index (χ0v) is 9.88. The van der Waals surface area contributed by atoms with E-state index in [1.54, 1.807) is 0 Å². The third-order valence-electron chi connectivity index (χ3n) is 3.49. The van der Waals surface area contributed by atoms with Crippen LogP contribution in [-0.2, 0) is 0 Å². The monoisotopic (exact) mass is 186 g/mol. The molecule has 0 aromatic rings. The Morgan fingerprint density at radius 2 is 1.54 bits per heavy atom. The smallest absolute Gasteiger partial charge is 0.0570 e. The van der Waals surface area contributed by atoms with Gasteiger partial charge in [0.1, 0.15) is 0 Å². The molecule has 0 radical (unpaired) electrons. The van der Waals surface area contributed by atoms with Crippen molar-refractivity contribution < 1.29 is 5.11 Å². The van der Waals surface area contributed by atoms with Gasteiger partial charge in [0.05, 0.1) is 6.10 Å². The van der Waals surface area contributed by atoms with Gasteiger partial charge in [0, 0.05) is 0 Å². The van der Waals surface area contributed by atoms with Gasteiger partial charge in [-0.05, 0) is 24.2 Å². The molecule has 0 aromatic heterocycles. The van der Waals surface area contributed by atoms with Crippen LogP contribution in [0.4, 0.5) is 0 Å². The van der Waals surface area contributed by atoms with Crippen LogP contribution in [0.15, 0.2) is 0 Å². The van der Waals surface area contributed by atoms with E-state index in [0.717, 1.165) is 6.42 Å². The lowest BCUT2D eigenvalue weighted by Gasteiger charge is -2.26. The Labute approximate surface area is 83.5 Å². The van der Waals surface area contributed by atoms with Gasteiger partial charge in [0.2, 0.25) is 0 Å². The summed E-state index contributed by atoms with van der Waals surface area (Å²) in [5, 5.41) is 9.92. The molecule has 1 nitrogen and oxygen atoms in total. The molecule has 13 heavy (non-hydrogen) atoms. The quantitative estimate of drug-likeness (QED) is 0.673. The minimum Gasteiger partial charge on any atom is -0.393 e. The van der Waals surface area contributed by atoms with Crippen molar-refractivity contribution in [1.29, 1.82) is 0 Å². The number of hydrogen-bond donors (Lipinski definition) is 1. The van der Waals surface area contributed by atoms with Crippen LogP contribution in [0.1, 0.15) is 53.9 Å². The van der Waals surface area contributed by atoms with Gasteiger partial charge in [-0.3, -0.25) is 0 Å². The topological polar surface area (TPSA) is 20.2 Å². The second-order valence-corrected chi connectivity index (χ2v) is 4.56. The second-order valence-electron chi connectivity index (χ2n) is 4.56. The van der Waals surface area contributed by atoms with E-state index in [1.165, 1.54) is 12.8 Å². The summed E-state index contributed by atoms with van der Waals surface area (Å²) in [7, 11) is 0. The highest BCUT2D eigenvalue weighted by Gasteiger charge is 2.20. The third-order valence-corrected chi connectivity index (χ3v) is 3.49. The Hall–Kier alpha value is -0.0400. The van der Waals surface area contributed by atoms with E-state index in [9.17, 15) is 5.11 Å². The molecule has 1 heteroatoms. The van der Waals surface area contributed by atoms with Crippen LogP contribution in [0.2, 0.25) is 0 Å². The first-order valence-electron chi connectivity index (χ1n) is 5.70. The lowest BCUT2D eigenvalue weighted by atomic mass is 9.84. The number of aliphatic hydroxyl groups is 1. The van der Waals surface area contributed by atoms with Crippen LogP contribution >= 0.6 is 0 Å². The van der Waals surface area contributed by atoms with E-state index in [2.05, 4.69) is 34.6 Å². The Bertz CT molecular complexity index is 122. The zero-order valence-electron chi connectivity index (χ0n) is 9.88. The highest BCUT2D eigenvalue weighted by atomic mass is 16.3. The predicted octanol–water partition coefficient (Wildman–Crippen LogP) is 3.47. The molecule has 0 aliphatic rings. The molecule has 0 aliphatic heterocycles. The van der Waals surface area contributed by atoms with Crippen molar-refractivity contribution in [3.05, 3.63) is 0 Å². The van der Waals surface area contributed by atoms with Crippen molar-refractivity contribution in [3.8, 4) is 0 Å². The van der Waals surface area contributed by atoms with Crippen LogP contribution in [0.25, 0.3) is 0 Å². The van der Waals surface area contributed by atoms with E-state index in [1.807, 2.05) is 0 Å². The first-order chi connectivity index (χ1) is 6.02. The van der Waals surface area contributed by atoms with Crippen LogP contribution in [0.5, 0.6) is 0 Å². The average molecular weight is 186 g/mol. The minimum atomic E-state index is -0.107. The molecule has 0 bridgehead atoms. The largest absolute Gasteiger partial charge is 0.393 e. The normalized spacial score (nSPS) is 20.8. The van der Waals surface area contributed by atoms with Crippen LogP contribution in [-0.4, -0.2) is 11.2 Å². The fourth-order valence-corrected chi connectivity index (χ4v) is 1.54. The molecule has 0 fully saturated rings. The maximum Gasteiger partial charge on any atom is 0.0570 e. The molecule has 0 aromatic carbocycles. The molecule has 1 N–H and O–H groups in total. The fraction of sp³-hybridized carbons (Fsp3) is 1.00. The van der Waals surface area contributed by atoms with Gasteiger partial charge >= 0.3 is 0 Å². The third kappa shape index (κ3) is 4.66.